The lowest BCUT2D eigenvalue weighted by Crippen LogP contribution is -2.47. The summed E-state index contributed by atoms with van der Waals surface area (Å²) >= 11 is 3.50. The van der Waals surface area contributed by atoms with Gasteiger partial charge in [0.2, 0.25) is 5.91 Å². The Morgan fingerprint density at radius 2 is 2.21 bits per heavy atom. The van der Waals surface area contributed by atoms with E-state index in [0.717, 1.165) is 30.2 Å². The van der Waals surface area contributed by atoms with Crippen molar-refractivity contribution in [2.24, 2.45) is 17.6 Å². The van der Waals surface area contributed by atoms with E-state index >= 15 is 0 Å². The van der Waals surface area contributed by atoms with Gasteiger partial charge in [-0.15, -0.1) is 0 Å². The Morgan fingerprint density at radius 3 is 2.92 bits per heavy atom. The molecule has 0 bridgehead atoms. The van der Waals surface area contributed by atoms with Crippen molar-refractivity contribution in [3.05, 3.63) is 34.3 Å². The number of ether oxygens (including phenoxy) is 1. The van der Waals surface area contributed by atoms with E-state index in [1.807, 2.05) is 12.1 Å². The number of hydrogen-bond donors (Lipinski definition) is 2. The van der Waals surface area contributed by atoms with Gasteiger partial charge in [-0.1, -0.05) is 40.9 Å². The molecule has 1 saturated carbocycles. The second-order valence-corrected chi connectivity index (χ2v) is 7.62. The quantitative estimate of drug-likeness (QED) is 0.708. The zero-order valence-corrected chi connectivity index (χ0v) is 16.1. The van der Waals surface area contributed by atoms with Crippen LogP contribution in [0.3, 0.4) is 0 Å². The van der Waals surface area contributed by atoms with Crippen molar-refractivity contribution in [1.29, 1.82) is 0 Å². The average Bonchev–Trinajstić information content (AvgIpc) is 2.59. The first-order chi connectivity index (χ1) is 11.6. The van der Waals surface area contributed by atoms with Gasteiger partial charge < -0.3 is 15.8 Å². The number of hydrogen-bond acceptors (Lipinski definition) is 3. The Kier molecular flexibility index (Phi) is 8.22. The summed E-state index contributed by atoms with van der Waals surface area (Å²) in [6.45, 7) is 1.25. The molecule has 3 N–H and O–H groups in total. The molecule has 0 aliphatic heterocycles. The van der Waals surface area contributed by atoms with Crippen LogP contribution in [0.5, 0.6) is 0 Å². The van der Waals surface area contributed by atoms with E-state index in [1.165, 1.54) is 18.4 Å². The smallest absolute Gasteiger partial charge is 0.223 e. The van der Waals surface area contributed by atoms with Crippen molar-refractivity contribution in [1.82, 2.24) is 5.32 Å². The second kappa shape index (κ2) is 10.2. The molecule has 1 aromatic rings. The van der Waals surface area contributed by atoms with Gasteiger partial charge in [0.15, 0.2) is 0 Å². The molecule has 3 unspecified atom stereocenters. The predicted octanol–water partition coefficient (Wildman–Crippen LogP) is 3.28. The van der Waals surface area contributed by atoms with Crippen molar-refractivity contribution < 1.29 is 9.53 Å². The maximum atomic E-state index is 12.8. The highest BCUT2D eigenvalue weighted by Crippen LogP contribution is 2.24. The Balaban J connectivity index is 2.01. The monoisotopic (exact) mass is 396 g/mol. The Bertz CT molecular complexity index is 524. The number of halogens is 1. The van der Waals surface area contributed by atoms with Crippen molar-refractivity contribution in [3.63, 3.8) is 0 Å². The second-order valence-electron chi connectivity index (χ2n) is 6.71. The third kappa shape index (κ3) is 5.87. The third-order valence-electron chi connectivity index (χ3n) is 4.95. The average molecular weight is 397 g/mol. The fraction of sp³-hybridized carbons (Fsp3) is 0.632. The lowest BCUT2D eigenvalue weighted by atomic mass is 9.84. The molecule has 3 atom stereocenters. The lowest BCUT2D eigenvalue weighted by Gasteiger charge is -2.32. The van der Waals surface area contributed by atoms with Crippen LogP contribution in [-0.2, 0) is 16.0 Å². The number of methoxy groups -OCH3 is 1. The number of carbonyl (C=O) groups is 1. The molecule has 0 radical (unpaired) electrons. The molecule has 0 spiro atoms. The number of nitrogens with two attached hydrogens (primary N) is 1. The van der Waals surface area contributed by atoms with E-state index in [-0.39, 0.29) is 17.9 Å². The molecular formula is C19H29BrN2O2. The summed E-state index contributed by atoms with van der Waals surface area (Å²) in [6.07, 6.45) is 6.02. The topological polar surface area (TPSA) is 64.3 Å². The van der Waals surface area contributed by atoms with Gasteiger partial charge in [-0.2, -0.15) is 0 Å². The zero-order chi connectivity index (χ0) is 17.4. The largest absolute Gasteiger partial charge is 0.385 e. The molecule has 1 aliphatic rings. The van der Waals surface area contributed by atoms with Crippen LogP contribution in [0.1, 0.15) is 37.7 Å². The minimum absolute atomic E-state index is 0.0698. The van der Waals surface area contributed by atoms with Crippen LogP contribution in [0.25, 0.3) is 0 Å². The number of benzene rings is 1. The number of amides is 1. The highest BCUT2D eigenvalue weighted by Gasteiger charge is 2.28. The van der Waals surface area contributed by atoms with Gasteiger partial charge in [-0.3, -0.25) is 4.79 Å². The highest BCUT2D eigenvalue weighted by atomic mass is 79.9. The van der Waals surface area contributed by atoms with Crippen molar-refractivity contribution in [3.8, 4) is 0 Å². The summed E-state index contributed by atoms with van der Waals surface area (Å²) in [5.74, 6) is 0.480. The van der Waals surface area contributed by atoms with E-state index < -0.39 is 0 Å². The molecule has 4 nitrogen and oxygen atoms in total. The van der Waals surface area contributed by atoms with Gasteiger partial charge in [0, 0.05) is 30.1 Å². The molecule has 1 aliphatic carbocycles. The fourth-order valence-electron chi connectivity index (χ4n) is 3.51. The van der Waals surface area contributed by atoms with Crippen LogP contribution in [0, 0.1) is 11.8 Å². The van der Waals surface area contributed by atoms with Gasteiger partial charge in [0.05, 0.1) is 0 Å². The molecule has 1 amide bonds. The van der Waals surface area contributed by atoms with Gasteiger partial charge in [0.1, 0.15) is 0 Å². The Morgan fingerprint density at radius 1 is 1.42 bits per heavy atom. The summed E-state index contributed by atoms with van der Waals surface area (Å²) in [4.78, 5) is 12.8. The third-order valence-corrected chi connectivity index (χ3v) is 5.45. The SMILES string of the molecule is COCCC(Cc1cccc(Br)c1)C(=O)NC1CCCCC1CN. The zero-order valence-electron chi connectivity index (χ0n) is 14.5. The fourth-order valence-corrected chi connectivity index (χ4v) is 3.96. The number of rotatable bonds is 8. The molecule has 24 heavy (non-hydrogen) atoms. The van der Waals surface area contributed by atoms with E-state index in [9.17, 15) is 4.79 Å². The summed E-state index contributed by atoms with van der Waals surface area (Å²) in [7, 11) is 1.68. The molecule has 0 saturated heterocycles. The number of carbonyl (C=O) groups excluding carboxylic acids is 1. The normalized spacial score (nSPS) is 22.1. The van der Waals surface area contributed by atoms with Gasteiger partial charge >= 0.3 is 0 Å². The molecule has 1 aromatic carbocycles. The van der Waals surface area contributed by atoms with Crippen LogP contribution >= 0.6 is 15.9 Å². The molecule has 2 rings (SSSR count). The van der Waals surface area contributed by atoms with Crippen LogP contribution in [0.15, 0.2) is 28.7 Å². The van der Waals surface area contributed by atoms with Crippen LogP contribution in [-0.4, -0.2) is 32.2 Å². The summed E-state index contributed by atoms with van der Waals surface area (Å²) in [5, 5.41) is 3.28. The lowest BCUT2D eigenvalue weighted by molar-refractivity contribution is -0.126. The first kappa shape index (κ1) is 19.4. The standard InChI is InChI=1S/C19H29BrN2O2/c1-24-10-9-15(11-14-5-4-7-17(20)12-14)19(23)22-18-8-3-2-6-16(18)13-21/h4-5,7,12,15-16,18H,2-3,6,8-11,13,21H2,1H3,(H,22,23). The van der Waals surface area contributed by atoms with Crippen LogP contribution < -0.4 is 11.1 Å². The highest BCUT2D eigenvalue weighted by molar-refractivity contribution is 9.10. The van der Waals surface area contributed by atoms with Crippen molar-refractivity contribution in [2.75, 3.05) is 20.3 Å². The molecule has 1 fully saturated rings. The van der Waals surface area contributed by atoms with Gasteiger partial charge in [0.25, 0.3) is 0 Å². The summed E-state index contributed by atoms with van der Waals surface area (Å²) in [5.41, 5.74) is 7.06. The number of nitrogens with one attached hydrogen (secondary N) is 1. The predicted molar refractivity (Wildman–Crippen MR) is 101 cm³/mol. The van der Waals surface area contributed by atoms with E-state index in [0.29, 0.717) is 19.1 Å². The van der Waals surface area contributed by atoms with Crippen molar-refractivity contribution >= 4 is 21.8 Å². The van der Waals surface area contributed by atoms with E-state index in [4.69, 9.17) is 10.5 Å². The van der Waals surface area contributed by atoms with Crippen LogP contribution in [0.4, 0.5) is 0 Å². The van der Waals surface area contributed by atoms with Gasteiger partial charge in [-0.05, 0) is 55.8 Å². The minimum Gasteiger partial charge on any atom is -0.385 e. The first-order valence-corrected chi connectivity index (χ1v) is 9.67. The van der Waals surface area contributed by atoms with Crippen molar-refractivity contribution in [2.45, 2.75) is 44.6 Å². The van der Waals surface area contributed by atoms with Gasteiger partial charge in [-0.25, -0.2) is 0 Å². The Labute approximate surface area is 153 Å². The van der Waals surface area contributed by atoms with Crippen LogP contribution in [0.2, 0.25) is 0 Å². The molecule has 0 aromatic heterocycles. The molecule has 134 valence electrons. The summed E-state index contributed by atoms with van der Waals surface area (Å²) in [6, 6.07) is 8.39. The van der Waals surface area contributed by atoms with E-state index in [1.54, 1.807) is 7.11 Å². The maximum absolute atomic E-state index is 12.8. The van der Waals surface area contributed by atoms with E-state index in [2.05, 4.69) is 33.4 Å². The summed E-state index contributed by atoms with van der Waals surface area (Å²) < 4.78 is 6.25. The molecule has 0 heterocycles. The first-order valence-electron chi connectivity index (χ1n) is 8.88. The Hall–Kier alpha value is -0.910. The minimum atomic E-state index is -0.0698. The maximum Gasteiger partial charge on any atom is 0.223 e. The molecule has 5 heteroatoms. The molecular weight excluding hydrogens is 368 g/mol.